The highest BCUT2D eigenvalue weighted by Gasteiger charge is 1.92. The van der Waals surface area contributed by atoms with Crippen LogP contribution >= 0.6 is 0 Å². The molecule has 72 valence electrons. The van der Waals surface area contributed by atoms with Crippen LogP contribution < -0.4 is 10.1 Å². The fourth-order valence-electron chi connectivity index (χ4n) is 1.01. The summed E-state index contributed by atoms with van der Waals surface area (Å²) in [5, 5.41) is 3.22. The Morgan fingerprint density at radius 2 is 1.85 bits per heavy atom. The Kier molecular flexibility index (Phi) is 4.12. The molecular formula is C10H15NO2. The predicted octanol–water partition coefficient (Wildman–Crippen LogP) is 1.75. The number of nitrogens with one attached hydrogen (secondary N) is 1. The quantitative estimate of drug-likeness (QED) is 0.702. The first-order chi connectivity index (χ1) is 6.36. The largest absolute Gasteiger partial charge is 0.497 e. The second kappa shape index (κ2) is 5.43. The maximum Gasteiger partial charge on any atom is 0.119 e. The third-order valence-electron chi connectivity index (χ3n) is 1.73. The molecule has 0 unspecified atom stereocenters. The SMILES string of the molecule is COCCNc1ccc(OC)cc1. The maximum atomic E-state index is 5.04. The Bertz CT molecular complexity index is 233. The van der Waals surface area contributed by atoms with Crippen LogP contribution in [-0.2, 0) is 4.74 Å². The van der Waals surface area contributed by atoms with Gasteiger partial charge in [-0.05, 0) is 24.3 Å². The van der Waals surface area contributed by atoms with Crippen LogP contribution in [0.25, 0.3) is 0 Å². The van der Waals surface area contributed by atoms with E-state index in [0.29, 0.717) is 6.61 Å². The van der Waals surface area contributed by atoms with Gasteiger partial charge in [-0.1, -0.05) is 0 Å². The first-order valence-electron chi connectivity index (χ1n) is 4.23. The number of methoxy groups -OCH3 is 2. The van der Waals surface area contributed by atoms with Gasteiger partial charge in [0.1, 0.15) is 5.75 Å². The molecule has 0 radical (unpaired) electrons. The molecule has 3 heteroatoms. The van der Waals surface area contributed by atoms with E-state index in [2.05, 4.69) is 5.32 Å². The van der Waals surface area contributed by atoms with Crippen molar-refractivity contribution in [3.8, 4) is 5.75 Å². The summed E-state index contributed by atoms with van der Waals surface area (Å²) >= 11 is 0. The molecule has 1 aromatic carbocycles. The van der Waals surface area contributed by atoms with Crippen LogP contribution in [0.1, 0.15) is 0 Å². The Labute approximate surface area is 78.7 Å². The van der Waals surface area contributed by atoms with Crippen molar-refractivity contribution < 1.29 is 9.47 Å². The average Bonchev–Trinajstić information content (AvgIpc) is 2.19. The summed E-state index contributed by atoms with van der Waals surface area (Å²) in [6.07, 6.45) is 0. The van der Waals surface area contributed by atoms with Gasteiger partial charge in [0, 0.05) is 19.3 Å². The van der Waals surface area contributed by atoms with Crippen molar-refractivity contribution in [1.82, 2.24) is 0 Å². The number of anilines is 1. The first-order valence-corrected chi connectivity index (χ1v) is 4.23. The van der Waals surface area contributed by atoms with Crippen LogP contribution in [0.3, 0.4) is 0 Å². The summed E-state index contributed by atoms with van der Waals surface area (Å²) in [5.74, 6) is 0.872. The van der Waals surface area contributed by atoms with E-state index in [0.717, 1.165) is 18.0 Å². The summed E-state index contributed by atoms with van der Waals surface area (Å²) in [5.41, 5.74) is 1.08. The number of ether oxygens (including phenoxy) is 2. The lowest BCUT2D eigenvalue weighted by molar-refractivity contribution is 0.211. The third-order valence-corrected chi connectivity index (χ3v) is 1.73. The van der Waals surface area contributed by atoms with Crippen molar-refractivity contribution in [2.45, 2.75) is 0 Å². The smallest absolute Gasteiger partial charge is 0.119 e. The molecule has 1 N–H and O–H groups in total. The van der Waals surface area contributed by atoms with Crippen LogP contribution in [0, 0.1) is 0 Å². The molecule has 0 amide bonds. The zero-order valence-corrected chi connectivity index (χ0v) is 8.04. The topological polar surface area (TPSA) is 30.5 Å². The minimum Gasteiger partial charge on any atom is -0.497 e. The molecule has 0 aliphatic rings. The van der Waals surface area contributed by atoms with E-state index >= 15 is 0 Å². The lowest BCUT2D eigenvalue weighted by Gasteiger charge is -2.06. The van der Waals surface area contributed by atoms with E-state index in [4.69, 9.17) is 9.47 Å². The van der Waals surface area contributed by atoms with Gasteiger partial charge in [0.05, 0.1) is 13.7 Å². The standard InChI is InChI=1S/C10H15NO2/c1-12-8-7-11-9-3-5-10(13-2)6-4-9/h3-6,11H,7-8H2,1-2H3. The van der Waals surface area contributed by atoms with Gasteiger partial charge < -0.3 is 14.8 Å². The fourth-order valence-corrected chi connectivity index (χ4v) is 1.01. The summed E-state index contributed by atoms with van der Waals surface area (Å²) in [6, 6.07) is 7.81. The molecule has 0 aliphatic heterocycles. The van der Waals surface area contributed by atoms with Crippen molar-refractivity contribution in [2.24, 2.45) is 0 Å². The zero-order chi connectivity index (χ0) is 9.52. The second-order valence-corrected chi connectivity index (χ2v) is 2.65. The van der Waals surface area contributed by atoms with Gasteiger partial charge in [0.25, 0.3) is 0 Å². The van der Waals surface area contributed by atoms with Gasteiger partial charge in [-0.25, -0.2) is 0 Å². The highest BCUT2D eigenvalue weighted by atomic mass is 16.5. The minimum absolute atomic E-state index is 0.714. The fraction of sp³-hybridized carbons (Fsp3) is 0.400. The summed E-state index contributed by atoms with van der Waals surface area (Å²) < 4.78 is 9.96. The molecule has 0 aliphatic carbocycles. The highest BCUT2D eigenvalue weighted by Crippen LogP contribution is 2.14. The van der Waals surface area contributed by atoms with Gasteiger partial charge in [-0.3, -0.25) is 0 Å². The van der Waals surface area contributed by atoms with Crippen molar-refractivity contribution in [3.05, 3.63) is 24.3 Å². The number of hydrogen-bond acceptors (Lipinski definition) is 3. The van der Waals surface area contributed by atoms with E-state index < -0.39 is 0 Å². The second-order valence-electron chi connectivity index (χ2n) is 2.65. The predicted molar refractivity (Wildman–Crippen MR) is 53.4 cm³/mol. The molecule has 0 fully saturated rings. The minimum atomic E-state index is 0.714. The van der Waals surface area contributed by atoms with Crippen molar-refractivity contribution >= 4 is 5.69 Å². The van der Waals surface area contributed by atoms with E-state index in [1.54, 1.807) is 14.2 Å². The molecule has 0 bridgehead atoms. The molecule has 1 aromatic rings. The van der Waals surface area contributed by atoms with E-state index in [9.17, 15) is 0 Å². The van der Waals surface area contributed by atoms with Crippen LogP contribution in [0.4, 0.5) is 5.69 Å². The molecule has 13 heavy (non-hydrogen) atoms. The number of hydrogen-bond donors (Lipinski definition) is 1. The van der Waals surface area contributed by atoms with Crippen LogP contribution in [-0.4, -0.2) is 27.4 Å². The first kappa shape index (κ1) is 9.86. The molecule has 0 saturated carbocycles. The van der Waals surface area contributed by atoms with Crippen LogP contribution in [0.2, 0.25) is 0 Å². The Hall–Kier alpha value is -1.22. The van der Waals surface area contributed by atoms with Gasteiger partial charge in [0.15, 0.2) is 0 Å². The molecule has 0 atom stereocenters. The zero-order valence-electron chi connectivity index (χ0n) is 8.04. The Morgan fingerprint density at radius 3 is 2.38 bits per heavy atom. The lowest BCUT2D eigenvalue weighted by atomic mass is 10.3. The Balaban J connectivity index is 2.40. The number of rotatable bonds is 5. The molecular weight excluding hydrogens is 166 g/mol. The molecule has 3 nitrogen and oxygen atoms in total. The van der Waals surface area contributed by atoms with Gasteiger partial charge >= 0.3 is 0 Å². The van der Waals surface area contributed by atoms with Gasteiger partial charge in [0.2, 0.25) is 0 Å². The van der Waals surface area contributed by atoms with Crippen molar-refractivity contribution in [1.29, 1.82) is 0 Å². The molecule has 1 rings (SSSR count). The highest BCUT2D eigenvalue weighted by molar-refractivity contribution is 5.46. The molecule has 0 saturated heterocycles. The van der Waals surface area contributed by atoms with E-state index in [1.807, 2.05) is 24.3 Å². The monoisotopic (exact) mass is 181 g/mol. The summed E-state index contributed by atoms with van der Waals surface area (Å²) in [7, 11) is 3.35. The third kappa shape index (κ3) is 3.34. The lowest BCUT2D eigenvalue weighted by Crippen LogP contribution is -2.07. The maximum absolute atomic E-state index is 5.04. The van der Waals surface area contributed by atoms with E-state index in [-0.39, 0.29) is 0 Å². The van der Waals surface area contributed by atoms with Crippen LogP contribution in [0.5, 0.6) is 5.75 Å². The van der Waals surface area contributed by atoms with Gasteiger partial charge in [-0.15, -0.1) is 0 Å². The van der Waals surface area contributed by atoms with Crippen LogP contribution in [0.15, 0.2) is 24.3 Å². The van der Waals surface area contributed by atoms with Gasteiger partial charge in [-0.2, -0.15) is 0 Å². The summed E-state index contributed by atoms with van der Waals surface area (Å²) in [4.78, 5) is 0. The molecule has 0 aromatic heterocycles. The Morgan fingerprint density at radius 1 is 1.15 bits per heavy atom. The molecule has 0 heterocycles. The normalized spacial score (nSPS) is 9.69. The average molecular weight is 181 g/mol. The van der Waals surface area contributed by atoms with E-state index in [1.165, 1.54) is 0 Å². The summed E-state index contributed by atoms with van der Waals surface area (Å²) in [6.45, 7) is 1.54. The van der Waals surface area contributed by atoms with Crippen molar-refractivity contribution in [2.75, 3.05) is 32.7 Å². The van der Waals surface area contributed by atoms with Crippen molar-refractivity contribution in [3.63, 3.8) is 0 Å². The number of benzene rings is 1. The molecule has 0 spiro atoms.